The first-order chi connectivity index (χ1) is 15.0. The van der Waals surface area contributed by atoms with E-state index >= 15 is 0 Å². The smallest absolute Gasteiger partial charge is 0.271 e. The molecule has 1 aliphatic rings. The maximum absolute atomic E-state index is 10.9. The zero-order valence-electron chi connectivity index (χ0n) is 16.4. The number of ether oxygens (including phenoxy) is 1. The number of halogens is 1. The van der Waals surface area contributed by atoms with Crippen molar-refractivity contribution in [3.8, 4) is 22.8 Å². The molecule has 0 saturated carbocycles. The third-order valence-corrected chi connectivity index (χ3v) is 5.44. The Kier molecular flexibility index (Phi) is 4.60. The molecule has 0 saturated heterocycles. The summed E-state index contributed by atoms with van der Waals surface area (Å²) in [6.07, 6.45) is -0.157. The van der Waals surface area contributed by atoms with Crippen molar-refractivity contribution in [3.63, 3.8) is 0 Å². The number of rotatable bonds is 4. The summed E-state index contributed by atoms with van der Waals surface area (Å²) in [5.74, 6) is 0.933. The van der Waals surface area contributed by atoms with Crippen molar-refractivity contribution in [2.45, 2.75) is 13.1 Å². The number of anilines is 1. The molecule has 2 heterocycles. The Morgan fingerprint density at radius 3 is 2.61 bits per heavy atom. The Labute approximate surface area is 183 Å². The number of hydrogen-bond donors (Lipinski definition) is 1. The van der Waals surface area contributed by atoms with Crippen LogP contribution in [0, 0.1) is 17.0 Å². The Morgan fingerprint density at radius 1 is 1.10 bits per heavy atom. The first kappa shape index (κ1) is 19.1. The molecule has 1 N–H and O–H groups in total. The number of aryl methyl sites for hydroxylation is 1. The summed E-state index contributed by atoms with van der Waals surface area (Å²) >= 11 is 6.13. The molecule has 0 spiro atoms. The van der Waals surface area contributed by atoms with E-state index in [1.807, 2.05) is 48.0 Å². The number of nitrogens with zero attached hydrogens (tertiary/aromatic N) is 3. The first-order valence-electron chi connectivity index (χ1n) is 9.63. The molecular weight excluding hydrogens is 416 g/mol. The highest BCUT2D eigenvalue weighted by Gasteiger charge is 2.26. The molecule has 0 aliphatic carbocycles. The van der Waals surface area contributed by atoms with E-state index in [0.29, 0.717) is 11.5 Å². The fourth-order valence-corrected chi connectivity index (χ4v) is 3.92. The molecule has 31 heavy (non-hydrogen) atoms. The van der Waals surface area contributed by atoms with Gasteiger partial charge in [0, 0.05) is 23.4 Å². The Balaban J connectivity index is 1.43. The molecular formula is C23H17ClN4O3. The second-order valence-corrected chi connectivity index (χ2v) is 7.66. The predicted octanol–water partition coefficient (Wildman–Crippen LogP) is 6.18. The van der Waals surface area contributed by atoms with Crippen molar-refractivity contribution in [2.75, 3.05) is 5.32 Å². The molecule has 0 amide bonds. The SMILES string of the molecule is Cc1cc2n(n1)C(c1ccc(Oc3ccc([N+](=O)[O-])cc3Cl)cc1)Nc1ccccc1-2. The lowest BCUT2D eigenvalue weighted by molar-refractivity contribution is -0.384. The molecule has 7 nitrogen and oxygen atoms in total. The van der Waals surface area contributed by atoms with Gasteiger partial charge in [-0.05, 0) is 42.8 Å². The van der Waals surface area contributed by atoms with E-state index in [1.165, 1.54) is 18.2 Å². The molecule has 4 aromatic rings. The summed E-state index contributed by atoms with van der Waals surface area (Å²) in [6, 6.07) is 22.0. The van der Waals surface area contributed by atoms with Gasteiger partial charge in [0.15, 0.2) is 0 Å². The Hall–Kier alpha value is -3.84. The van der Waals surface area contributed by atoms with Crippen molar-refractivity contribution in [1.29, 1.82) is 0 Å². The van der Waals surface area contributed by atoms with Crippen LogP contribution in [0.25, 0.3) is 11.3 Å². The van der Waals surface area contributed by atoms with Crippen LogP contribution < -0.4 is 10.1 Å². The normalized spacial score (nSPS) is 14.3. The van der Waals surface area contributed by atoms with Gasteiger partial charge in [-0.25, -0.2) is 4.68 Å². The third-order valence-electron chi connectivity index (χ3n) is 5.15. The number of nitro groups is 1. The van der Waals surface area contributed by atoms with E-state index in [2.05, 4.69) is 28.6 Å². The van der Waals surface area contributed by atoms with Gasteiger partial charge in [-0.1, -0.05) is 41.9 Å². The topological polar surface area (TPSA) is 82.2 Å². The Morgan fingerprint density at radius 2 is 1.87 bits per heavy atom. The van der Waals surface area contributed by atoms with Crippen LogP contribution in [-0.4, -0.2) is 14.7 Å². The summed E-state index contributed by atoms with van der Waals surface area (Å²) in [5, 5.41) is 19.3. The number of nitro benzene ring substituents is 1. The van der Waals surface area contributed by atoms with E-state index in [9.17, 15) is 10.1 Å². The number of benzene rings is 3. The van der Waals surface area contributed by atoms with Gasteiger partial charge in [0.05, 0.1) is 21.3 Å². The van der Waals surface area contributed by atoms with Crippen LogP contribution in [0.1, 0.15) is 17.4 Å². The zero-order chi connectivity index (χ0) is 21.5. The summed E-state index contributed by atoms with van der Waals surface area (Å²) < 4.78 is 7.81. The summed E-state index contributed by atoms with van der Waals surface area (Å²) in [6.45, 7) is 1.98. The van der Waals surface area contributed by atoms with Crippen LogP contribution in [0.5, 0.6) is 11.5 Å². The van der Waals surface area contributed by atoms with Crippen molar-refractivity contribution in [2.24, 2.45) is 0 Å². The molecule has 1 aliphatic heterocycles. The second-order valence-electron chi connectivity index (χ2n) is 7.25. The van der Waals surface area contributed by atoms with E-state index in [-0.39, 0.29) is 16.9 Å². The van der Waals surface area contributed by atoms with Crippen molar-refractivity contribution in [3.05, 3.63) is 99.2 Å². The molecule has 0 fully saturated rings. The largest absolute Gasteiger partial charge is 0.456 e. The number of nitrogens with one attached hydrogen (secondary N) is 1. The lowest BCUT2D eigenvalue weighted by atomic mass is 10.0. The van der Waals surface area contributed by atoms with Gasteiger partial charge < -0.3 is 10.1 Å². The minimum atomic E-state index is -0.495. The quantitative estimate of drug-likeness (QED) is 0.307. The third kappa shape index (κ3) is 3.49. The lowest BCUT2D eigenvalue weighted by Gasteiger charge is -2.29. The van der Waals surface area contributed by atoms with Crippen LogP contribution in [0.3, 0.4) is 0 Å². The van der Waals surface area contributed by atoms with E-state index < -0.39 is 4.92 Å². The molecule has 154 valence electrons. The predicted molar refractivity (Wildman–Crippen MR) is 119 cm³/mol. The molecule has 0 radical (unpaired) electrons. The molecule has 1 atom stereocenters. The van der Waals surface area contributed by atoms with Crippen LogP contribution in [0.4, 0.5) is 11.4 Å². The highest BCUT2D eigenvalue weighted by atomic mass is 35.5. The molecule has 5 rings (SSSR count). The average Bonchev–Trinajstić information content (AvgIpc) is 3.17. The maximum Gasteiger partial charge on any atom is 0.271 e. The van der Waals surface area contributed by atoms with Crippen molar-refractivity contribution in [1.82, 2.24) is 9.78 Å². The highest BCUT2D eigenvalue weighted by molar-refractivity contribution is 6.32. The lowest BCUT2D eigenvalue weighted by Crippen LogP contribution is -2.25. The monoisotopic (exact) mass is 432 g/mol. The number of fused-ring (bicyclic) bond motifs is 3. The molecule has 1 aromatic heterocycles. The minimum absolute atomic E-state index is 0.0818. The number of para-hydroxylation sites is 1. The summed E-state index contributed by atoms with van der Waals surface area (Å²) in [7, 11) is 0. The van der Waals surface area contributed by atoms with Crippen LogP contribution in [0.2, 0.25) is 5.02 Å². The summed E-state index contributed by atoms with van der Waals surface area (Å²) in [4.78, 5) is 10.4. The van der Waals surface area contributed by atoms with Gasteiger partial charge in [0.1, 0.15) is 17.7 Å². The number of non-ortho nitro benzene ring substituents is 1. The fraction of sp³-hybridized carbons (Fsp3) is 0.0870. The first-order valence-corrected chi connectivity index (χ1v) is 10.0. The van der Waals surface area contributed by atoms with Gasteiger partial charge >= 0.3 is 0 Å². The van der Waals surface area contributed by atoms with Gasteiger partial charge in [-0.3, -0.25) is 10.1 Å². The van der Waals surface area contributed by atoms with Gasteiger partial charge in [-0.2, -0.15) is 5.10 Å². The van der Waals surface area contributed by atoms with E-state index in [0.717, 1.165) is 28.2 Å². The van der Waals surface area contributed by atoms with Gasteiger partial charge in [-0.15, -0.1) is 0 Å². The highest BCUT2D eigenvalue weighted by Crippen LogP contribution is 2.39. The summed E-state index contributed by atoms with van der Waals surface area (Å²) in [5.41, 5.74) is 5.12. The minimum Gasteiger partial charge on any atom is -0.456 e. The van der Waals surface area contributed by atoms with Gasteiger partial charge in [0.25, 0.3) is 5.69 Å². The average molecular weight is 433 g/mol. The maximum atomic E-state index is 10.9. The second kappa shape index (κ2) is 7.45. The van der Waals surface area contributed by atoms with Crippen LogP contribution >= 0.6 is 11.6 Å². The van der Waals surface area contributed by atoms with Crippen LogP contribution in [-0.2, 0) is 0 Å². The number of aromatic nitrogens is 2. The molecule has 0 bridgehead atoms. The Bertz CT molecular complexity index is 1300. The zero-order valence-corrected chi connectivity index (χ0v) is 17.2. The molecule has 1 unspecified atom stereocenters. The van der Waals surface area contributed by atoms with Crippen LogP contribution in [0.15, 0.2) is 72.8 Å². The van der Waals surface area contributed by atoms with Gasteiger partial charge in [0.2, 0.25) is 0 Å². The fourth-order valence-electron chi connectivity index (χ4n) is 3.71. The van der Waals surface area contributed by atoms with E-state index in [1.54, 1.807) is 0 Å². The number of hydrogen-bond acceptors (Lipinski definition) is 5. The molecule has 3 aromatic carbocycles. The standard InChI is InChI=1S/C23H17ClN4O3/c1-14-12-21-18-4-2-3-5-20(18)25-23(27(21)26-14)15-6-9-17(10-7-15)31-22-11-8-16(28(29)30)13-19(22)24/h2-13,23,25H,1H3. The van der Waals surface area contributed by atoms with Crippen molar-refractivity contribution >= 4 is 23.0 Å². The van der Waals surface area contributed by atoms with E-state index in [4.69, 9.17) is 16.3 Å². The molecule has 8 heteroatoms. The van der Waals surface area contributed by atoms with Crippen molar-refractivity contribution < 1.29 is 9.66 Å².